The zero-order valence-corrected chi connectivity index (χ0v) is 22.9. The number of hydrogen-bond acceptors (Lipinski definition) is 3. The van der Waals surface area contributed by atoms with Crippen molar-refractivity contribution in [3.8, 4) is 5.75 Å². The number of carbonyl (C=O) groups excluding carboxylic acids is 1. The Morgan fingerprint density at radius 2 is 1.89 bits per heavy atom. The van der Waals surface area contributed by atoms with E-state index in [4.69, 9.17) is 28.6 Å². The molecule has 1 aliphatic heterocycles. The quantitative estimate of drug-likeness (QED) is 0.197. The minimum atomic E-state index is -0.179. The lowest BCUT2D eigenvalue weighted by Gasteiger charge is -2.15. The molecule has 4 aromatic rings. The maximum atomic E-state index is 13.3. The smallest absolute Gasteiger partial charge is 0.281 e. The number of hydrogen-bond donors (Lipinski definition) is 1. The van der Waals surface area contributed by atoms with Gasteiger partial charge in [-0.15, -0.1) is 0 Å². The van der Waals surface area contributed by atoms with Crippen LogP contribution in [0.5, 0.6) is 5.75 Å². The zero-order chi connectivity index (χ0) is 25.4. The summed E-state index contributed by atoms with van der Waals surface area (Å²) in [5.74, 6) is 0.475. The van der Waals surface area contributed by atoms with Crippen molar-refractivity contribution in [2.45, 2.75) is 20.4 Å². The van der Waals surface area contributed by atoms with Gasteiger partial charge in [0.1, 0.15) is 18.1 Å². The van der Waals surface area contributed by atoms with Crippen LogP contribution in [0, 0.1) is 13.8 Å². The monoisotopic (exact) mass is 579 g/mol. The number of aromatic nitrogens is 1. The van der Waals surface area contributed by atoms with Gasteiger partial charge in [-0.3, -0.25) is 9.69 Å². The third-order valence-electron chi connectivity index (χ3n) is 6.23. The molecule has 5 nitrogen and oxygen atoms in total. The summed E-state index contributed by atoms with van der Waals surface area (Å²) >= 11 is 15.3. The summed E-state index contributed by atoms with van der Waals surface area (Å²) in [6.45, 7) is 5.12. The highest BCUT2D eigenvalue weighted by Gasteiger charge is 2.32. The van der Waals surface area contributed by atoms with Gasteiger partial charge in [-0.05, 0) is 85.7 Å². The third-order valence-corrected chi connectivity index (χ3v) is 7.32. The Labute approximate surface area is 228 Å². The summed E-state index contributed by atoms with van der Waals surface area (Å²) in [6, 6.07) is 19.4. The Hall–Kier alpha value is -3.13. The largest absolute Gasteiger partial charge is 0.490 e. The summed E-state index contributed by atoms with van der Waals surface area (Å²) in [7, 11) is 0. The number of rotatable bonds is 6. The molecule has 5 rings (SSSR count). The third kappa shape index (κ3) is 4.78. The average molecular weight is 581 g/mol. The Morgan fingerprint density at radius 3 is 2.67 bits per heavy atom. The van der Waals surface area contributed by atoms with Crippen LogP contribution < -0.4 is 15.0 Å². The Kier molecular flexibility index (Phi) is 6.88. The van der Waals surface area contributed by atoms with E-state index in [0.717, 1.165) is 37.8 Å². The van der Waals surface area contributed by atoms with E-state index >= 15 is 0 Å². The molecule has 0 spiro atoms. The second kappa shape index (κ2) is 10.1. The van der Waals surface area contributed by atoms with Gasteiger partial charge in [0.2, 0.25) is 0 Å². The van der Waals surface area contributed by atoms with Crippen molar-refractivity contribution in [3.63, 3.8) is 0 Å². The molecule has 0 saturated carbocycles. The number of halogens is 2. The lowest BCUT2D eigenvalue weighted by Crippen LogP contribution is -2.30. The second-order valence-electron chi connectivity index (χ2n) is 8.62. The normalized spacial score (nSPS) is 14.7. The number of nitrogens with zero attached hydrogens (tertiary/aromatic N) is 2. The summed E-state index contributed by atoms with van der Waals surface area (Å²) in [6.07, 6.45) is 3.88. The van der Waals surface area contributed by atoms with E-state index in [1.807, 2.05) is 80.7 Å². The number of thiocarbonyl (C=S) groups is 1. The summed E-state index contributed by atoms with van der Waals surface area (Å²) in [5, 5.41) is 5.07. The minimum absolute atomic E-state index is 0.179. The van der Waals surface area contributed by atoms with Gasteiger partial charge in [-0.25, -0.2) is 0 Å². The molecular weight excluding hydrogens is 558 g/mol. The molecule has 0 aliphatic carbocycles. The highest BCUT2D eigenvalue weighted by molar-refractivity contribution is 9.10. The number of carbonyl (C=O) groups is 1. The van der Waals surface area contributed by atoms with Crippen molar-refractivity contribution in [1.82, 2.24) is 9.88 Å². The SMILES string of the molecule is Cc1ccc(N2C(=O)/C(=C/c3cn(CCOc4ccccc4Cl)c4ccc(Br)cc34)NC2=S)cc1C. The number of anilines is 1. The molecule has 0 unspecified atom stereocenters. The zero-order valence-electron chi connectivity index (χ0n) is 19.7. The van der Waals surface area contributed by atoms with E-state index in [1.54, 1.807) is 11.0 Å². The van der Waals surface area contributed by atoms with Gasteiger partial charge in [0, 0.05) is 27.1 Å². The Morgan fingerprint density at radius 1 is 1.08 bits per heavy atom. The summed E-state index contributed by atoms with van der Waals surface area (Å²) in [4.78, 5) is 14.9. The molecule has 8 heteroatoms. The fourth-order valence-electron chi connectivity index (χ4n) is 4.20. The first-order chi connectivity index (χ1) is 17.3. The predicted octanol–water partition coefficient (Wildman–Crippen LogP) is 7.02. The van der Waals surface area contributed by atoms with Crippen molar-refractivity contribution in [3.05, 3.63) is 98.7 Å². The molecule has 0 atom stereocenters. The Bertz CT molecular complexity index is 1550. The van der Waals surface area contributed by atoms with E-state index in [2.05, 4.69) is 25.8 Å². The standard InChI is InChI=1S/C28H23BrClN3O2S/c1-17-7-9-21(13-18(17)2)33-27(34)24(31-28(33)36)14-19-16-32(25-10-8-20(29)15-22(19)25)11-12-35-26-6-4-3-5-23(26)30/h3-10,13-16H,11-12H2,1-2H3,(H,31,36)/b24-14-. The molecule has 3 aromatic carbocycles. The molecular formula is C28H23BrClN3O2S. The number of benzene rings is 3. The van der Waals surface area contributed by atoms with E-state index in [9.17, 15) is 4.79 Å². The van der Waals surface area contributed by atoms with Crippen LogP contribution in [-0.2, 0) is 11.3 Å². The first kappa shape index (κ1) is 24.6. The summed E-state index contributed by atoms with van der Waals surface area (Å²) < 4.78 is 8.97. The number of aryl methyl sites for hydroxylation is 2. The molecule has 1 fully saturated rings. The second-order valence-corrected chi connectivity index (χ2v) is 10.3. The van der Waals surface area contributed by atoms with E-state index in [-0.39, 0.29) is 5.91 Å². The lowest BCUT2D eigenvalue weighted by atomic mass is 10.1. The molecule has 1 aliphatic rings. The molecule has 1 amide bonds. The lowest BCUT2D eigenvalue weighted by molar-refractivity contribution is -0.113. The fourth-order valence-corrected chi connectivity index (χ4v) is 5.05. The maximum absolute atomic E-state index is 13.3. The predicted molar refractivity (Wildman–Crippen MR) is 154 cm³/mol. The van der Waals surface area contributed by atoms with Gasteiger partial charge < -0.3 is 14.6 Å². The molecule has 0 radical (unpaired) electrons. The molecule has 182 valence electrons. The van der Waals surface area contributed by atoms with Gasteiger partial charge in [0.25, 0.3) is 5.91 Å². The van der Waals surface area contributed by atoms with Crippen molar-refractivity contribution in [2.75, 3.05) is 11.5 Å². The molecule has 1 saturated heterocycles. The number of amides is 1. The summed E-state index contributed by atoms with van der Waals surface area (Å²) in [5.41, 5.74) is 5.40. The van der Waals surface area contributed by atoms with Crippen LogP contribution in [0.4, 0.5) is 5.69 Å². The van der Waals surface area contributed by atoms with Crippen LogP contribution >= 0.6 is 39.7 Å². The maximum Gasteiger partial charge on any atom is 0.281 e. The van der Waals surface area contributed by atoms with Crippen molar-refractivity contribution in [1.29, 1.82) is 0 Å². The molecule has 36 heavy (non-hydrogen) atoms. The fraction of sp³-hybridized carbons (Fsp3) is 0.143. The minimum Gasteiger partial charge on any atom is -0.490 e. The van der Waals surface area contributed by atoms with Gasteiger partial charge in [-0.2, -0.15) is 0 Å². The van der Waals surface area contributed by atoms with Crippen molar-refractivity contribution >= 4 is 73.4 Å². The highest BCUT2D eigenvalue weighted by Crippen LogP contribution is 2.30. The van der Waals surface area contributed by atoms with Crippen LogP contribution in [0.15, 0.2) is 77.0 Å². The van der Waals surface area contributed by atoms with Crippen LogP contribution in [0.25, 0.3) is 17.0 Å². The number of para-hydroxylation sites is 1. The highest BCUT2D eigenvalue weighted by atomic mass is 79.9. The van der Waals surface area contributed by atoms with Gasteiger partial charge >= 0.3 is 0 Å². The topological polar surface area (TPSA) is 46.5 Å². The number of ether oxygens (including phenoxy) is 1. The van der Waals surface area contributed by atoms with Gasteiger partial charge in [-0.1, -0.05) is 45.7 Å². The number of nitrogens with one attached hydrogen (secondary N) is 1. The van der Waals surface area contributed by atoms with Crippen LogP contribution in [0.2, 0.25) is 5.02 Å². The van der Waals surface area contributed by atoms with Crippen molar-refractivity contribution < 1.29 is 9.53 Å². The van der Waals surface area contributed by atoms with Gasteiger partial charge in [0.05, 0.1) is 17.3 Å². The Balaban J connectivity index is 1.44. The average Bonchev–Trinajstić information content (AvgIpc) is 3.32. The first-order valence-electron chi connectivity index (χ1n) is 11.4. The van der Waals surface area contributed by atoms with Crippen LogP contribution in [-0.4, -0.2) is 22.2 Å². The van der Waals surface area contributed by atoms with Crippen LogP contribution in [0.3, 0.4) is 0 Å². The van der Waals surface area contributed by atoms with Gasteiger partial charge in [0.15, 0.2) is 5.11 Å². The van der Waals surface area contributed by atoms with E-state index < -0.39 is 0 Å². The number of fused-ring (bicyclic) bond motifs is 1. The molecule has 2 heterocycles. The molecule has 1 aromatic heterocycles. The first-order valence-corrected chi connectivity index (χ1v) is 13.0. The van der Waals surface area contributed by atoms with Crippen molar-refractivity contribution in [2.24, 2.45) is 0 Å². The van der Waals surface area contributed by atoms with E-state index in [0.29, 0.717) is 34.7 Å². The molecule has 0 bridgehead atoms. The molecule has 1 N–H and O–H groups in total. The van der Waals surface area contributed by atoms with Crippen LogP contribution in [0.1, 0.15) is 16.7 Å². The van der Waals surface area contributed by atoms with E-state index in [1.165, 1.54) is 0 Å².